The Kier molecular flexibility index (Phi) is 8.87. The zero-order valence-corrected chi connectivity index (χ0v) is 24.1. The van der Waals surface area contributed by atoms with Gasteiger partial charge in [-0.05, 0) is 60.0 Å². The summed E-state index contributed by atoms with van der Waals surface area (Å²) in [6.07, 6.45) is 0.304. The summed E-state index contributed by atoms with van der Waals surface area (Å²) in [7, 11) is -3.92. The van der Waals surface area contributed by atoms with Gasteiger partial charge in [-0.15, -0.1) is 10.2 Å². The van der Waals surface area contributed by atoms with Crippen LogP contribution in [0.1, 0.15) is 23.0 Å². The van der Waals surface area contributed by atoms with Gasteiger partial charge in [0.25, 0.3) is 0 Å². The molecule has 0 aliphatic carbocycles. The molecule has 1 heterocycles. The SMILES string of the molecule is O=S(=O)(NC(Cc1ccccc1)c1nnc(SCc2ccc(F)cc2)n1-c1ccc(Cl)cc1Cl)c1ccccc1. The highest BCUT2D eigenvalue weighted by atomic mass is 35.5. The highest BCUT2D eigenvalue weighted by Crippen LogP contribution is 2.33. The molecule has 11 heteroatoms. The van der Waals surface area contributed by atoms with Crippen molar-refractivity contribution < 1.29 is 12.8 Å². The molecule has 1 N–H and O–H groups in total. The number of halogens is 3. The molecule has 0 aliphatic heterocycles. The number of hydrogen-bond acceptors (Lipinski definition) is 5. The number of benzene rings is 4. The van der Waals surface area contributed by atoms with E-state index in [1.54, 1.807) is 53.1 Å². The summed E-state index contributed by atoms with van der Waals surface area (Å²) in [6.45, 7) is 0. The molecule has 0 fully saturated rings. The van der Waals surface area contributed by atoms with Crippen molar-refractivity contribution >= 4 is 45.0 Å². The number of nitrogens with zero attached hydrogens (tertiary/aromatic N) is 3. The summed E-state index contributed by atoms with van der Waals surface area (Å²) in [4.78, 5) is 0.134. The molecule has 4 aromatic carbocycles. The van der Waals surface area contributed by atoms with E-state index in [1.165, 1.54) is 36.0 Å². The first-order chi connectivity index (χ1) is 19.3. The topological polar surface area (TPSA) is 76.9 Å². The average Bonchev–Trinajstić information content (AvgIpc) is 3.37. The molecule has 1 unspecified atom stereocenters. The van der Waals surface area contributed by atoms with Crippen LogP contribution in [-0.2, 0) is 22.2 Å². The van der Waals surface area contributed by atoms with Crippen LogP contribution in [0.25, 0.3) is 5.69 Å². The zero-order chi connectivity index (χ0) is 28.1. The molecule has 0 saturated carbocycles. The minimum Gasteiger partial charge on any atom is -0.271 e. The molecular formula is C29H23Cl2FN4O2S2. The lowest BCUT2D eigenvalue weighted by Gasteiger charge is -2.21. The fourth-order valence-electron chi connectivity index (χ4n) is 4.11. The number of nitrogens with one attached hydrogen (secondary N) is 1. The summed E-state index contributed by atoms with van der Waals surface area (Å²) < 4.78 is 44.9. The lowest BCUT2D eigenvalue weighted by molar-refractivity contribution is 0.537. The van der Waals surface area contributed by atoms with Crippen molar-refractivity contribution in [3.63, 3.8) is 0 Å². The van der Waals surface area contributed by atoms with Crippen LogP contribution in [-0.4, -0.2) is 23.2 Å². The predicted octanol–water partition coefficient (Wildman–Crippen LogP) is 7.27. The second-order valence-corrected chi connectivity index (χ2v) is 12.4. The Hall–Kier alpha value is -3.21. The fraction of sp³-hybridized carbons (Fsp3) is 0.103. The van der Waals surface area contributed by atoms with Gasteiger partial charge in [-0.3, -0.25) is 4.57 Å². The molecule has 6 nitrogen and oxygen atoms in total. The highest BCUT2D eigenvalue weighted by molar-refractivity contribution is 7.98. The normalized spacial score (nSPS) is 12.4. The van der Waals surface area contributed by atoms with Gasteiger partial charge in [0.2, 0.25) is 10.0 Å². The number of sulfonamides is 1. The van der Waals surface area contributed by atoms with Gasteiger partial charge >= 0.3 is 0 Å². The van der Waals surface area contributed by atoms with Crippen LogP contribution in [0.5, 0.6) is 0 Å². The Morgan fingerprint density at radius 1 is 0.850 bits per heavy atom. The quantitative estimate of drug-likeness (QED) is 0.168. The lowest BCUT2D eigenvalue weighted by atomic mass is 10.1. The zero-order valence-electron chi connectivity index (χ0n) is 20.9. The number of hydrogen-bond donors (Lipinski definition) is 1. The van der Waals surface area contributed by atoms with E-state index in [2.05, 4.69) is 14.9 Å². The van der Waals surface area contributed by atoms with Crippen molar-refractivity contribution in [1.82, 2.24) is 19.5 Å². The van der Waals surface area contributed by atoms with E-state index in [1.807, 2.05) is 30.3 Å². The summed E-state index contributed by atoms with van der Waals surface area (Å²) in [6, 6.07) is 28.1. The molecule has 204 valence electrons. The molecule has 0 aliphatic rings. The fourth-order valence-corrected chi connectivity index (χ4v) is 6.72. The first-order valence-corrected chi connectivity index (χ1v) is 15.4. The molecule has 5 rings (SSSR count). The molecule has 0 bridgehead atoms. The monoisotopic (exact) mass is 612 g/mol. The largest absolute Gasteiger partial charge is 0.271 e. The summed E-state index contributed by atoms with van der Waals surface area (Å²) in [5.74, 6) is 0.513. The third-order valence-corrected chi connectivity index (χ3v) is 9.06. The number of thioether (sulfide) groups is 1. The Morgan fingerprint density at radius 2 is 1.52 bits per heavy atom. The van der Waals surface area contributed by atoms with Crippen molar-refractivity contribution in [2.75, 3.05) is 0 Å². The van der Waals surface area contributed by atoms with Gasteiger partial charge in [-0.2, -0.15) is 0 Å². The van der Waals surface area contributed by atoms with E-state index in [9.17, 15) is 12.8 Å². The minimum absolute atomic E-state index is 0.134. The Bertz CT molecular complexity index is 1700. The minimum atomic E-state index is -3.92. The second kappa shape index (κ2) is 12.5. The predicted molar refractivity (Wildman–Crippen MR) is 157 cm³/mol. The molecule has 1 aromatic heterocycles. The van der Waals surface area contributed by atoms with Crippen LogP contribution in [0.15, 0.2) is 113 Å². The first kappa shape index (κ1) is 28.3. The Morgan fingerprint density at radius 3 is 2.20 bits per heavy atom. The molecule has 5 aromatic rings. The second-order valence-electron chi connectivity index (χ2n) is 8.86. The molecular weight excluding hydrogens is 590 g/mol. The van der Waals surface area contributed by atoms with Gasteiger partial charge in [0, 0.05) is 10.8 Å². The van der Waals surface area contributed by atoms with E-state index < -0.39 is 16.1 Å². The molecule has 0 radical (unpaired) electrons. The van der Waals surface area contributed by atoms with E-state index in [0.717, 1.165) is 11.1 Å². The standard InChI is InChI=1S/C29H23Cl2FN4O2S2/c30-22-13-16-27(25(31)18-22)36-28(33-34-29(36)39-19-21-11-14-23(32)15-12-21)26(17-20-7-3-1-4-8-20)35-40(37,38)24-9-5-2-6-10-24/h1-16,18,26,35H,17,19H2. The van der Waals surface area contributed by atoms with Gasteiger partial charge in [0.15, 0.2) is 11.0 Å². The average molecular weight is 614 g/mol. The van der Waals surface area contributed by atoms with Gasteiger partial charge < -0.3 is 0 Å². The van der Waals surface area contributed by atoms with Crippen LogP contribution in [0.2, 0.25) is 10.0 Å². The van der Waals surface area contributed by atoms with E-state index in [4.69, 9.17) is 23.2 Å². The molecule has 1 atom stereocenters. The van der Waals surface area contributed by atoms with Gasteiger partial charge in [-0.25, -0.2) is 17.5 Å². The molecule has 0 saturated heterocycles. The van der Waals surface area contributed by atoms with E-state index in [0.29, 0.717) is 38.9 Å². The first-order valence-electron chi connectivity index (χ1n) is 12.2. The number of rotatable bonds is 10. The maximum absolute atomic E-state index is 13.5. The molecule has 0 amide bonds. The van der Waals surface area contributed by atoms with Crippen LogP contribution in [0.4, 0.5) is 4.39 Å². The summed E-state index contributed by atoms with van der Waals surface area (Å²) >= 11 is 14.2. The molecule has 40 heavy (non-hydrogen) atoms. The summed E-state index contributed by atoms with van der Waals surface area (Å²) in [5.41, 5.74) is 2.33. The van der Waals surface area contributed by atoms with Crippen LogP contribution >= 0.6 is 35.0 Å². The Labute approximate surface area is 246 Å². The van der Waals surface area contributed by atoms with Crippen molar-refractivity contribution in [1.29, 1.82) is 0 Å². The lowest BCUT2D eigenvalue weighted by Crippen LogP contribution is -2.32. The summed E-state index contributed by atoms with van der Waals surface area (Å²) in [5, 5.41) is 10.2. The van der Waals surface area contributed by atoms with Crippen molar-refractivity contribution in [3.8, 4) is 5.69 Å². The van der Waals surface area contributed by atoms with Crippen LogP contribution in [0, 0.1) is 5.82 Å². The van der Waals surface area contributed by atoms with Crippen LogP contribution < -0.4 is 4.72 Å². The maximum Gasteiger partial charge on any atom is 0.241 e. The van der Waals surface area contributed by atoms with E-state index in [-0.39, 0.29) is 10.7 Å². The molecule has 0 spiro atoms. The third-order valence-electron chi connectivity index (χ3n) is 6.04. The van der Waals surface area contributed by atoms with E-state index >= 15 is 0 Å². The highest BCUT2D eigenvalue weighted by Gasteiger charge is 2.29. The van der Waals surface area contributed by atoms with Gasteiger partial charge in [0.1, 0.15) is 5.82 Å². The van der Waals surface area contributed by atoms with Gasteiger partial charge in [0.05, 0.1) is 21.6 Å². The van der Waals surface area contributed by atoms with Crippen molar-refractivity contribution in [3.05, 3.63) is 136 Å². The number of aromatic nitrogens is 3. The van der Waals surface area contributed by atoms with Gasteiger partial charge in [-0.1, -0.05) is 95.6 Å². The maximum atomic E-state index is 13.5. The van der Waals surface area contributed by atoms with Crippen LogP contribution in [0.3, 0.4) is 0 Å². The smallest absolute Gasteiger partial charge is 0.241 e. The van der Waals surface area contributed by atoms with Crippen molar-refractivity contribution in [2.24, 2.45) is 0 Å². The Balaban J connectivity index is 1.59. The third kappa shape index (κ3) is 6.74. The van der Waals surface area contributed by atoms with Crippen molar-refractivity contribution in [2.45, 2.75) is 28.3 Å².